The second-order valence-corrected chi connectivity index (χ2v) is 4.12. The van der Waals surface area contributed by atoms with E-state index in [9.17, 15) is 0 Å². The van der Waals surface area contributed by atoms with Gasteiger partial charge in [-0.2, -0.15) is 0 Å². The van der Waals surface area contributed by atoms with E-state index in [0.717, 1.165) is 24.7 Å². The Labute approximate surface area is 82.6 Å². The summed E-state index contributed by atoms with van der Waals surface area (Å²) in [5, 5.41) is 0. The van der Waals surface area contributed by atoms with Gasteiger partial charge in [0, 0.05) is 5.41 Å². The third-order valence-corrected chi connectivity index (χ3v) is 2.91. The molecule has 0 unspecified atom stereocenters. The predicted molar refractivity (Wildman–Crippen MR) is 50.7 cm³/mol. The lowest BCUT2D eigenvalue weighted by Crippen LogP contribution is -2.43. The van der Waals surface area contributed by atoms with Crippen molar-refractivity contribution in [1.29, 1.82) is 0 Å². The summed E-state index contributed by atoms with van der Waals surface area (Å²) in [6, 6.07) is 6.13. The maximum absolute atomic E-state index is 5.34. The highest BCUT2D eigenvalue weighted by Crippen LogP contribution is 2.39. The average molecular weight is 192 g/mol. The Kier molecular flexibility index (Phi) is 1.53. The van der Waals surface area contributed by atoms with E-state index in [1.165, 1.54) is 5.56 Å². The quantitative estimate of drug-likeness (QED) is 0.677. The van der Waals surface area contributed by atoms with Gasteiger partial charge in [-0.15, -0.1) is 0 Å². The standard InChI is InChI=1S/C11H12O3/c1-11(5-12-6-11)8-2-3-9-10(4-8)14-7-13-9/h2-4H,5-7H2,1H3. The fraction of sp³-hybridized carbons (Fsp3) is 0.455. The molecule has 14 heavy (non-hydrogen) atoms. The van der Waals surface area contributed by atoms with Crippen LogP contribution in [0.4, 0.5) is 0 Å². The van der Waals surface area contributed by atoms with Crippen LogP contribution >= 0.6 is 0 Å². The first kappa shape index (κ1) is 8.12. The Morgan fingerprint density at radius 1 is 1.14 bits per heavy atom. The van der Waals surface area contributed by atoms with Crippen LogP contribution in [0.3, 0.4) is 0 Å². The summed E-state index contributed by atoms with van der Waals surface area (Å²) in [5.74, 6) is 1.70. The van der Waals surface area contributed by atoms with E-state index in [2.05, 4.69) is 19.1 Å². The second-order valence-electron chi connectivity index (χ2n) is 4.12. The molecule has 3 nitrogen and oxygen atoms in total. The molecule has 0 saturated carbocycles. The summed E-state index contributed by atoms with van der Waals surface area (Å²) in [6.07, 6.45) is 0. The second kappa shape index (κ2) is 2.64. The lowest BCUT2D eigenvalue weighted by Gasteiger charge is -2.38. The minimum atomic E-state index is 0.168. The average Bonchev–Trinajstić information content (AvgIpc) is 2.60. The van der Waals surface area contributed by atoms with Crippen molar-refractivity contribution in [3.05, 3.63) is 23.8 Å². The van der Waals surface area contributed by atoms with Gasteiger partial charge in [0.15, 0.2) is 11.5 Å². The topological polar surface area (TPSA) is 27.7 Å². The maximum Gasteiger partial charge on any atom is 0.231 e. The monoisotopic (exact) mass is 192 g/mol. The first-order valence-corrected chi connectivity index (χ1v) is 4.76. The zero-order valence-corrected chi connectivity index (χ0v) is 8.08. The van der Waals surface area contributed by atoms with Crippen molar-refractivity contribution < 1.29 is 14.2 Å². The minimum Gasteiger partial charge on any atom is -0.454 e. The van der Waals surface area contributed by atoms with E-state index in [1.54, 1.807) is 0 Å². The smallest absolute Gasteiger partial charge is 0.231 e. The van der Waals surface area contributed by atoms with Gasteiger partial charge in [-0.3, -0.25) is 0 Å². The van der Waals surface area contributed by atoms with Crippen LogP contribution in [0, 0.1) is 0 Å². The zero-order chi connectivity index (χ0) is 9.60. The molecule has 0 radical (unpaired) electrons. The van der Waals surface area contributed by atoms with Gasteiger partial charge in [0.2, 0.25) is 6.79 Å². The van der Waals surface area contributed by atoms with Crippen molar-refractivity contribution in [1.82, 2.24) is 0 Å². The number of ether oxygens (including phenoxy) is 3. The third-order valence-electron chi connectivity index (χ3n) is 2.91. The van der Waals surface area contributed by atoms with E-state index in [0.29, 0.717) is 6.79 Å². The van der Waals surface area contributed by atoms with Crippen LogP contribution in [-0.2, 0) is 10.2 Å². The molecule has 0 spiro atoms. The van der Waals surface area contributed by atoms with Crippen molar-refractivity contribution in [3.63, 3.8) is 0 Å². The Hall–Kier alpha value is -1.22. The Bertz CT molecular complexity index is 369. The van der Waals surface area contributed by atoms with E-state index in [1.807, 2.05) is 6.07 Å². The Balaban J connectivity index is 2.00. The molecule has 0 N–H and O–H groups in total. The molecule has 2 heterocycles. The maximum atomic E-state index is 5.34. The normalized spacial score (nSPS) is 21.8. The van der Waals surface area contributed by atoms with Crippen LogP contribution in [0.1, 0.15) is 12.5 Å². The molecule has 0 amide bonds. The van der Waals surface area contributed by atoms with Crippen LogP contribution < -0.4 is 9.47 Å². The largest absolute Gasteiger partial charge is 0.454 e. The summed E-state index contributed by atoms with van der Waals surface area (Å²) in [5.41, 5.74) is 1.44. The summed E-state index contributed by atoms with van der Waals surface area (Å²) < 4.78 is 15.8. The molecule has 2 aliphatic rings. The van der Waals surface area contributed by atoms with Crippen molar-refractivity contribution in [2.24, 2.45) is 0 Å². The SMILES string of the molecule is CC1(c2ccc3c(c2)OCO3)COC1. The van der Waals surface area contributed by atoms with Gasteiger partial charge in [0.25, 0.3) is 0 Å². The lowest BCUT2D eigenvalue weighted by atomic mass is 9.81. The minimum absolute atomic E-state index is 0.168. The van der Waals surface area contributed by atoms with Crippen molar-refractivity contribution >= 4 is 0 Å². The van der Waals surface area contributed by atoms with Crippen LogP contribution in [0.15, 0.2) is 18.2 Å². The number of hydrogen-bond acceptors (Lipinski definition) is 3. The predicted octanol–water partition coefficient (Wildman–Crippen LogP) is 1.70. The van der Waals surface area contributed by atoms with E-state index < -0.39 is 0 Å². The first-order valence-electron chi connectivity index (χ1n) is 4.76. The molecule has 1 saturated heterocycles. The molecular formula is C11H12O3. The fourth-order valence-corrected chi connectivity index (χ4v) is 1.85. The van der Waals surface area contributed by atoms with Gasteiger partial charge in [-0.25, -0.2) is 0 Å². The molecular weight excluding hydrogens is 180 g/mol. The molecule has 0 aliphatic carbocycles. The zero-order valence-electron chi connectivity index (χ0n) is 8.08. The van der Waals surface area contributed by atoms with E-state index in [4.69, 9.17) is 14.2 Å². The van der Waals surface area contributed by atoms with Crippen LogP contribution in [0.25, 0.3) is 0 Å². The highest BCUT2D eigenvalue weighted by atomic mass is 16.7. The van der Waals surface area contributed by atoms with Gasteiger partial charge in [0.05, 0.1) is 13.2 Å². The Morgan fingerprint density at radius 2 is 1.93 bits per heavy atom. The van der Waals surface area contributed by atoms with E-state index in [-0.39, 0.29) is 5.41 Å². The number of hydrogen-bond donors (Lipinski definition) is 0. The van der Waals surface area contributed by atoms with Crippen LogP contribution in [-0.4, -0.2) is 20.0 Å². The summed E-state index contributed by atoms with van der Waals surface area (Å²) in [6.45, 7) is 4.14. The first-order chi connectivity index (χ1) is 6.78. The van der Waals surface area contributed by atoms with Crippen molar-refractivity contribution in [3.8, 4) is 11.5 Å². The van der Waals surface area contributed by atoms with Crippen molar-refractivity contribution in [2.45, 2.75) is 12.3 Å². The molecule has 0 bridgehead atoms. The molecule has 3 rings (SSSR count). The third kappa shape index (κ3) is 1.02. The number of fused-ring (bicyclic) bond motifs is 1. The lowest BCUT2D eigenvalue weighted by molar-refractivity contribution is -0.0500. The molecule has 1 aromatic rings. The number of rotatable bonds is 1. The molecule has 3 heteroatoms. The van der Waals surface area contributed by atoms with Gasteiger partial charge in [-0.05, 0) is 17.7 Å². The molecule has 1 fully saturated rings. The highest BCUT2D eigenvalue weighted by molar-refractivity contribution is 5.46. The molecule has 74 valence electrons. The van der Waals surface area contributed by atoms with Gasteiger partial charge >= 0.3 is 0 Å². The van der Waals surface area contributed by atoms with Crippen LogP contribution in [0.5, 0.6) is 11.5 Å². The Morgan fingerprint density at radius 3 is 2.64 bits per heavy atom. The molecule has 0 aromatic heterocycles. The molecule has 0 atom stereocenters. The van der Waals surface area contributed by atoms with E-state index >= 15 is 0 Å². The molecule has 1 aromatic carbocycles. The van der Waals surface area contributed by atoms with Gasteiger partial charge in [0.1, 0.15) is 0 Å². The highest BCUT2D eigenvalue weighted by Gasteiger charge is 2.36. The van der Waals surface area contributed by atoms with Gasteiger partial charge < -0.3 is 14.2 Å². The van der Waals surface area contributed by atoms with Crippen LogP contribution in [0.2, 0.25) is 0 Å². The fourth-order valence-electron chi connectivity index (χ4n) is 1.85. The number of benzene rings is 1. The summed E-state index contributed by atoms with van der Waals surface area (Å²) in [4.78, 5) is 0. The summed E-state index contributed by atoms with van der Waals surface area (Å²) >= 11 is 0. The van der Waals surface area contributed by atoms with Gasteiger partial charge in [-0.1, -0.05) is 13.0 Å². The molecule has 2 aliphatic heterocycles. The summed E-state index contributed by atoms with van der Waals surface area (Å²) in [7, 11) is 0. The van der Waals surface area contributed by atoms with Crippen molar-refractivity contribution in [2.75, 3.05) is 20.0 Å².